The van der Waals surface area contributed by atoms with Crippen LogP contribution < -0.4 is 5.73 Å². The van der Waals surface area contributed by atoms with E-state index in [2.05, 4.69) is 46.6 Å². The molecular formula is C20H16N4. The third-order valence-electron chi connectivity index (χ3n) is 4.81. The lowest BCUT2D eigenvalue weighted by molar-refractivity contribution is 0.939. The highest BCUT2D eigenvalue weighted by atomic mass is 15.2. The molecule has 1 aliphatic carbocycles. The molecule has 3 N–H and O–H groups in total. The third kappa shape index (κ3) is 1.80. The summed E-state index contributed by atoms with van der Waals surface area (Å²) in [5.41, 5.74) is 14.1. The summed E-state index contributed by atoms with van der Waals surface area (Å²) in [5, 5.41) is 8.17. The van der Waals surface area contributed by atoms with Gasteiger partial charge in [-0.05, 0) is 29.5 Å². The third-order valence-corrected chi connectivity index (χ3v) is 4.81. The van der Waals surface area contributed by atoms with Crippen LogP contribution in [0, 0.1) is 0 Å². The summed E-state index contributed by atoms with van der Waals surface area (Å²) in [6.07, 6.45) is 1.98. The van der Waals surface area contributed by atoms with Crippen molar-refractivity contribution in [1.82, 2.24) is 15.2 Å². The number of aromatic amines is 1. The molecule has 4 aromatic rings. The number of hydrogen-bond acceptors (Lipinski definition) is 3. The van der Waals surface area contributed by atoms with Crippen LogP contribution >= 0.6 is 0 Å². The number of H-pyrrole nitrogens is 1. The highest BCUT2D eigenvalue weighted by molar-refractivity contribution is 6.04. The fourth-order valence-electron chi connectivity index (χ4n) is 3.73. The molecule has 2 heterocycles. The lowest BCUT2D eigenvalue weighted by Gasteiger charge is -2.23. The van der Waals surface area contributed by atoms with Crippen molar-refractivity contribution in [2.24, 2.45) is 0 Å². The maximum absolute atomic E-state index is 6.19. The second-order valence-corrected chi connectivity index (χ2v) is 6.17. The quantitative estimate of drug-likeness (QED) is 0.559. The van der Waals surface area contributed by atoms with Gasteiger partial charge in [0.25, 0.3) is 0 Å². The summed E-state index contributed by atoms with van der Waals surface area (Å²) in [6, 6.07) is 18.9. The zero-order valence-electron chi connectivity index (χ0n) is 13.1. The molecule has 0 saturated carbocycles. The van der Waals surface area contributed by atoms with E-state index in [-0.39, 0.29) is 0 Å². The van der Waals surface area contributed by atoms with Gasteiger partial charge in [0, 0.05) is 11.1 Å². The topological polar surface area (TPSA) is 67.6 Å². The average molecular weight is 312 g/mol. The standard InChI is InChI=1S/C20H16N4/c21-19-17-16-14-9-5-4-6-12(14)10-11-15(16)18(22-20(17)24-23-19)13-7-2-1-3-8-13/h1-9H,10-11H2,(H3,21,22,23,24). The van der Waals surface area contributed by atoms with Gasteiger partial charge in [0.2, 0.25) is 0 Å². The van der Waals surface area contributed by atoms with Crippen LogP contribution in [0.5, 0.6) is 0 Å². The Morgan fingerprint density at radius 1 is 0.917 bits per heavy atom. The van der Waals surface area contributed by atoms with Crippen LogP contribution in [0.4, 0.5) is 5.82 Å². The minimum atomic E-state index is 0.588. The average Bonchev–Trinajstić information content (AvgIpc) is 3.02. The van der Waals surface area contributed by atoms with Crippen LogP contribution in [0.15, 0.2) is 54.6 Å². The minimum Gasteiger partial charge on any atom is -0.383 e. The number of nitrogen functional groups attached to an aromatic ring is 1. The van der Waals surface area contributed by atoms with Crippen molar-refractivity contribution in [3.8, 4) is 22.4 Å². The van der Waals surface area contributed by atoms with E-state index < -0.39 is 0 Å². The first-order chi connectivity index (χ1) is 11.8. The summed E-state index contributed by atoms with van der Waals surface area (Å²) < 4.78 is 0. The fraction of sp³-hybridized carbons (Fsp3) is 0.100. The normalized spacial score (nSPS) is 12.8. The Kier molecular flexibility index (Phi) is 2.73. The first kappa shape index (κ1) is 13.3. The fourth-order valence-corrected chi connectivity index (χ4v) is 3.73. The monoisotopic (exact) mass is 312 g/mol. The van der Waals surface area contributed by atoms with Gasteiger partial charge in [0.05, 0.1) is 11.1 Å². The zero-order chi connectivity index (χ0) is 16.1. The van der Waals surface area contributed by atoms with Crippen LogP contribution in [0.1, 0.15) is 11.1 Å². The Morgan fingerprint density at radius 2 is 1.71 bits per heavy atom. The number of aromatic nitrogens is 3. The Balaban J connectivity index is 1.93. The second kappa shape index (κ2) is 4.93. The van der Waals surface area contributed by atoms with Gasteiger partial charge >= 0.3 is 0 Å². The van der Waals surface area contributed by atoms with Gasteiger partial charge < -0.3 is 5.73 Å². The maximum atomic E-state index is 6.19. The smallest absolute Gasteiger partial charge is 0.184 e. The molecular weight excluding hydrogens is 296 g/mol. The minimum absolute atomic E-state index is 0.588. The SMILES string of the molecule is Nc1[nH]nc2nc(-c3ccccc3)c3c(c12)-c1ccccc1CC3. The molecule has 4 heteroatoms. The molecule has 0 radical (unpaired) electrons. The van der Waals surface area contributed by atoms with Gasteiger partial charge in [-0.15, -0.1) is 0 Å². The van der Waals surface area contributed by atoms with Gasteiger partial charge in [-0.2, -0.15) is 5.10 Å². The number of aryl methyl sites for hydroxylation is 1. The molecule has 0 fully saturated rings. The van der Waals surface area contributed by atoms with Crippen molar-refractivity contribution < 1.29 is 0 Å². The number of fused-ring (bicyclic) bond motifs is 5. The van der Waals surface area contributed by atoms with E-state index in [1.54, 1.807) is 0 Å². The Labute approximate surface area is 139 Å². The van der Waals surface area contributed by atoms with E-state index in [0.29, 0.717) is 11.5 Å². The van der Waals surface area contributed by atoms with Crippen LogP contribution in [0.3, 0.4) is 0 Å². The first-order valence-corrected chi connectivity index (χ1v) is 8.13. The molecule has 0 unspecified atom stereocenters. The van der Waals surface area contributed by atoms with E-state index in [4.69, 9.17) is 10.7 Å². The second-order valence-electron chi connectivity index (χ2n) is 6.17. The van der Waals surface area contributed by atoms with Crippen molar-refractivity contribution in [2.45, 2.75) is 12.8 Å². The summed E-state index contributed by atoms with van der Waals surface area (Å²) in [5.74, 6) is 0.588. The lowest BCUT2D eigenvalue weighted by Crippen LogP contribution is -2.08. The predicted octanol–water partition coefficient (Wildman–Crippen LogP) is 3.97. The summed E-state index contributed by atoms with van der Waals surface area (Å²) in [6.45, 7) is 0. The van der Waals surface area contributed by atoms with Gasteiger partial charge in [-0.25, -0.2) is 4.98 Å². The largest absolute Gasteiger partial charge is 0.383 e. The first-order valence-electron chi connectivity index (χ1n) is 8.13. The highest BCUT2D eigenvalue weighted by Gasteiger charge is 2.25. The van der Waals surface area contributed by atoms with Gasteiger partial charge in [0.1, 0.15) is 5.82 Å². The number of nitrogens with two attached hydrogens (primary N) is 1. The van der Waals surface area contributed by atoms with E-state index in [9.17, 15) is 0 Å². The van der Waals surface area contributed by atoms with E-state index in [1.165, 1.54) is 22.3 Å². The molecule has 4 nitrogen and oxygen atoms in total. The molecule has 5 rings (SSSR count). The Bertz CT molecular complexity index is 1060. The molecule has 0 spiro atoms. The maximum Gasteiger partial charge on any atom is 0.184 e. The lowest BCUT2D eigenvalue weighted by atomic mass is 9.82. The number of nitrogens with zero attached hydrogens (tertiary/aromatic N) is 2. The predicted molar refractivity (Wildman–Crippen MR) is 96.6 cm³/mol. The number of benzene rings is 2. The van der Waals surface area contributed by atoms with Gasteiger partial charge in [0.15, 0.2) is 5.65 Å². The van der Waals surface area contributed by atoms with Crippen LogP contribution in [-0.2, 0) is 12.8 Å². The number of nitrogens with one attached hydrogen (secondary N) is 1. The van der Waals surface area contributed by atoms with Crippen LogP contribution in [-0.4, -0.2) is 15.2 Å². The Hall–Kier alpha value is -3.14. The van der Waals surface area contributed by atoms with E-state index in [0.717, 1.165) is 29.5 Å². The molecule has 2 aromatic heterocycles. The molecule has 116 valence electrons. The number of rotatable bonds is 1. The number of pyridine rings is 1. The Morgan fingerprint density at radius 3 is 2.58 bits per heavy atom. The van der Waals surface area contributed by atoms with E-state index in [1.807, 2.05) is 18.2 Å². The molecule has 2 aromatic carbocycles. The number of hydrogen-bond donors (Lipinski definition) is 2. The molecule has 0 aliphatic heterocycles. The summed E-state index contributed by atoms with van der Waals surface area (Å²) >= 11 is 0. The molecule has 0 bridgehead atoms. The van der Waals surface area contributed by atoms with Crippen molar-refractivity contribution >= 4 is 16.9 Å². The van der Waals surface area contributed by atoms with Crippen molar-refractivity contribution in [1.29, 1.82) is 0 Å². The molecule has 24 heavy (non-hydrogen) atoms. The van der Waals surface area contributed by atoms with Crippen LogP contribution in [0.2, 0.25) is 0 Å². The number of anilines is 1. The molecule has 0 saturated heterocycles. The molecule has 1 aliphatic rings. The summed E-state index contributed by atoms with van der Waals surface area (Å²) in [7, 11) is 0. The van der Waals surface area contributed by atoms with Crippen molar-refractivity contribution in [3.05, 3.63) is 65.7 Å². The molecule has 0 amide bonds. The van der Waals surface area contributed by atoms with Crippen LogP contribution in [0.25, 0.3) is 33.4 Å². The van der Waals surface area contributed by atoms with Crippen molar-refractivity contribution in [2.75, 3.05) is 5.73 Å². The van der Waals surface area contributed by atoms with Gasteiger partial charge in [-0.1, -0.05) is 54.6 Å². The molecule has 0 atom stereocenters. The van der Waals surface area contributed by atoms with Crippen molar-refractivity contribution in [3.63, 3.8) is 0 Å². The highest BCUT2D eigenvalue weighted by Crippen LogP contribution is 2.43. The summed E-state index contributed by atoms with van der Waals surface area (Å²) in [4.78, 5) is 4.83. The zero-order valence-corrected chi connectivity index (χ0v) is 13.1. The van der Waals surface area contributed by atoms with E-state index >= 15 is 0 Å². The van der Waals surface area contributed by atoms with Gasteiger partial charge in [-0.3, -0.25) is 5.10 Å².